The van der Waals surface area contributed by atoms with Gasteiger partial charge in [-0.25, -0.2) is 0 Å². The van der Waals surface area contributed by atoms with Crippen molar-refractivity contribution in [1.29, 1.82) is 0 Å². The highest BCUT2D eigenvalue weighted by molar-refractivity contribution is 4.73. The number of aliphatic hydroxyl groups excluding tert-OH is 1. The molecule has 2 nitrogen and oxygen atoms in total. The fourth-order valence-corrected chi connectivity index (χ4v) is 1.91. The summed E-state index contributed by atoms with van der Waals surface area (Å²) >= 11 is 0. The standard InChI is InChI=1S/C11H23NO/c1-3-11(10(2)9-13)5-4-6-12-7-8-12/h10-11,13H,3-9H2,1-2H3. The molecule has 1 fully saturated rings. The van der Waals surface area contributed by atoms with Gasteiger partial charge >= 0.3 is 0 Å². The molecule has 0 saturated carbocycles. The largest absolute Gasteiger partial charge is 0.396 e. The Labute approximate surface area is 81.9 Å². The average molecular weight is 185 g/mol. The molecule has 0 aliphatic carbocycles. The lowest BCUT2D eigenvalue weighted by Gasteiger charge is -2.20. The molecule has 78 valence electrons. The second-order valence-electron chi connectivity index (χ2n) is 4.31. The van der Waals surface area contributed by atoms with Crippen LogP contribution in [0.5, 0.6) is 0 Å². The zero-order chi connectivity index (χ0) is 9.68. The molecule has 1 aliphatic heterocycles. The predicted octanol–water partition coefficient (Wildman–Crippen LogP) is 1.74. The van der Waals surface area contributed by atoms with E-state index in [1.54, 1.807) is 0 Å². The van der Waals surface area contributed by atoms with Gasteiger partial charge in [-0.1, -0.05) is 20.3 Å². The first-order chi connectivity index (χ1) is 6.27. The van der Waals surface area contributed by atoms with Crippen molar-refractivity contribution < 1.29 is 5.11 Å². The number of nitrogens with zero attached hydrogens (tertiary/aromatic N) is 1. The zero-order valence-electron chi connectivity index (χ0n) is 9.00. The van der Waals surface area contributed by atoms with E-state index in [0.29, 0.717) is 12.5 Å². The van der Waals surface area contributed by atoms with Crippen molar-refractivity contribution in [2.45, 2.75) is 33.1 Å². The zero-order valence-corrected chi connectivity index (χ0v) is 9.00. The fourth-order valence-electron chi connectivity index (χ4n) is 1.91. The third-order valence-corrected chi connectivity index (χ3v) is 3.21. The molecule has 0 spiro atoms. The maximum atomic E-state index is 9.05. The smallest absolute Gasteiger partial charge is 0.0459 e. The number of hydrogen-bond acceptors (Lipinski definition) is 2. The lowest BCUT2D eigenvalue weighted by Crippen LogP contribution is -2.15. The van der Waals surface area contributed by atoms with E-state index in [1.807, 2.05) is 0 Å². The highest BCUT2D eigenvalue weighted by Gasteiger charge is 2.18. The second-order valence-corrected chi connectivity index (χ2v) is 4.31. The Kier molecular flexibility index (Phi) is 4.74. The normalized spacial score (nSPS) is 21.5. The van der Waals surface area contributed by atoms with Gasteiger partial charge in [0.25, 0.3) is 0 Å². The van der Waals surface area contributed by atoms with Crippen LogP contribution in [0.3, 0.4) is 0 Å². The molecule has 13 heavy (non-hydrogen) atoms. The molecular formula is C11H23NO. The van der Waals surface area contributed by atoms with Crippen LogP contribution in [-0.2, 0) is 0 Å². The van der Waals surface area contributed by atoms with E-state index in [-0.39, 0.29) is 0 Å². The molecular weight excluding hydrogens is 162 g/mol. The highest BCUT2D eigenvalue weighted by Crippen LogP contribution is 2.21. The van der Waals surface area contributed by atoms with Crippen molar-refractivity contribution in [3.05, 3.63) is 0 Å². The van der Waals surface area contributed by atoms with Gasteiger partial charge in [0.15, 0.2) is 0 Å². The molecule has 2 unspecified atom stereocenters. The summed E-state index contributed by atoms with van der Waals surface area (Å²) in [4.78, 5) is 2.47. The molecule has 0 radical (unpaired) electrons. The van der Waals surface area contributed by atoms with Crippen LogP contribution in [0.25, 0.3) is 0 Å². The topological polar surface area (TPSA) is 23.2 Å². The van der Waals surface area contributed by atoms with E-state index in [2.05, 4.69) is 18.7 Å². The molecule has 2 atom stereocenters. The van der Waals surface area contributed by atoms with Crippen LogP contribution in [0, 0.1) is 11.8 Å². The van der Waals surface area contributed by atoms with Crippen molar-refractivity contribution in [3.63, 3.8) is 0 Å². The number of rotatable bonds is 7. The highest BCUT2D eigenvalue weighted by atomic mass is 16.3. The van der Waals surface area contributed by atoms with Gasteiger partial charge in [-0.3, -0.25) is 0 Å². The summed E-state index contributed by atoms with van der Waals surface area (Å²) in [6, 6.07) is 0. The van der Waals surface area contributed by atoms with Gasteiger partial charge in [-0.05, 0) is 31.2 Å². The van der Waals surface area contributed by atoms with Crippen LogP contribution >= 0.6 is 0 Å². The molecule has 1 N–H and O–H groups in total. The quantitative estimate of drug-likeness (QED) is 0.611. The van der Waals surface area contributed by atoms with Gasteiger partial charge < -0.3 is 10.0 Å². The van der Waals surface area contributed by atoms with Crippen LogP contribution in [0.4, 0.5) is 0 Å². The van der Waals surface area contributed by atoms with Gasteiger partial charge in [0.2, 0.25) is 0 Å². The van der Waals surface area contributed by atoms with Crippen LogP contribution < -0.4 is 0 Å². The minimum atomic E-state index is 0.349. The van der Waals surface area contributed by atoms with E-state index >= 15 is 0 Å². The minimum Gasteiger partial charge on any atom is -0.396 e. The Morgan fingerprint density at radius 1 is 1.38 bits per heavy atom. The molecule has 0 aromatic carbocycles. The summed E-state index contributed by atoms with van der Waals surface area (Å²) in [6.07, 6.45) is 3.80. The minimum absolute atomic E-state index is 0.349. The van der Waals surface area contributed by atoms with Crippen molar-refractivity contribution in [3.8, 4) is 0 Å². The predicted molar refractivity (Wildman–Crippen MR) is 55.7 cm³/mol. The van der Waals surface area contributed by atoms with Gasteiger partial charge in [-0.15, -0.1) is 0 Å². The van der Waals surface area contributed by atoms with Crippen molar-refractivity contribution >= 4 is 0 Å². The second kappa shape index (κ2) is 5.61. The van der Waals surface area contributed by atoms with E-state index in [0.717, 1.165) is 5.92 Å². The van der Waals surface area contributed by atoms with Crippen LogP contribution in [0.1, 0.15) is 33.1 Å². The van der Waals surface area contributed by atoms with Gasteiger partial charge in [-0.2, -0.15) is 0 Å². The number of aliphatic hydroxyl groups is 1. The fraction of sp³-hybridized carbons (Fsp3) is 1.00. The molecule has 0 amide bonds. The van der Waals surface area contributed by atoms with Crippen molar-refractivity contribution in [2.75, 3.05) is 26.2 Å². The molecule has 1 heterocycles. The van der Waals surface area contributed by atoms with Crippen LogP contribution in [0.2, 0.25) is 0 Å². The number of hydrogen-bond donors (Lipinski definition) is 1. The van der Waals surface area contributed by atoms with Crippen molar-refractivity contribution in [2.24, 2.45) is 11.8 Å². The lowest BCUT2D eigenvalue weighted by molar-refractivity contribution is 0.176. The van der Waals surface area contributed by atoms with Crippen LogP contribution in [0.15, 0.2) is 0 Å². The van der Waals surface area contributed by atoms with Gasteiger partial charge in [0, 0.05) is 19.7 Å². The van der Waals surface area contributed by atoms with Gasteiger partial charge in [0.05, 0.1) is 0 Å². The maximum Gasteiger partial charge on any atom is 0.0459 e. The summed E-state index contributed by atoms with van der Waals surface area (Å²) in [5.41, 5.74) is 0. The SMILES string of the molecule is CCC(CCCN1CC1)C(C)CO. The Morgan fingerprint density at radius 2 is 2.08 bits per heavy atom. The molecule has 0 bridgehead atoms. The maximum absolute atomic E-state index is 9.05. The molecule has 0 aromatic rings. The van der Waals surface area contributed by atoms with E-state index in [1.165, 1.54) is 38.9 Å². The summed E-state index contributed by atoms with van der Waals surface area (Å²) in [5, 5.41) is 9.05. The first kappa shape index (κ1) is 11.0. The summed E-state index contributed by atoms with van der Waals surface area (Å²) in [7, 11) is 0. The third kappa shape index (κ3) is 4.10. The van der Waals surface area contributed by atoms with E-state index in [9.17, 15) is 0 Å². The lowest BCUT2D eigenvalue weighted by atomic mass is 9.88. The monoisotopic (exact) mass is 185 g/mol. The van der Waals surface area contributed by atoms with Crippen LogP contribution in [-0.4, -0.2) is 36.2 Å². The average Bonchev–Trinajstić information content (AvgIpc) is 2.95. The first-order valence-corrected chi connectivity index (χ1v) is 5.61. The summed E-state index contributed by atoms with van der Waals surface area (Å²) in [5.74, 6) is 1.21. The molecule has 2 heteroatoms. The van der Waals surface area contributed by atoms with E-state index in [4.69, 9.17) is 5.11 Å². The van der Waals surface area contributed by atoms with Crippen molar-refractivity contribution in [1.82, 2.24) is 4.90 Å². The van der Waals surface area contributed by atoms with E-state index < -0.39 is 0 Å². The summed E-state index contributed by atoms with van der Waals surface area (Å²) < 4.78 is 0. The molecule has 1 saturated heterocycles. The Morgan fingerprint density at radius 3 is 2.54 bits per heavy atom. The molecule has 0 aromatic heterocycles. The van der Waals surface area contributed by atoms with Gasteiger partial charge in [0.1, 0.15) is 0 Å². The Hall–Kier alpha value is -0.0800. The molecule has 1 aliphatic rings. The Balaban J connectivity index is 2.06. The Bertz CT molecular complexity index is 134. The first-order valence-electron chi connectivity index (χ1n) is 5.61. The third-order valence-electron chi connectivity index (χ3n) is 3.21. The molecule has 1 rings (SSSR count). The summed E-state index contributed by atoms with van der Waals surface area (Å²) in [6.45, 7) is 8.63.